The molecule has 13 rings (SSSR count). The lowest BCUT2D eigenvalue weighted by Gasteiger charge is -2.13. The third-order valence-electron chi connectivity index (χ3n) is 11.8. The van der Waals surface area contributed by atoms with Crippen molar-refractivity contribution in [3.05, 3.63) is 182 Å². The van der Waals surface area contributed by atoms with Crippen LogP contribution in [0.5, 0.6) is 0 Å². The maximum Gasteiger partial charge on any atom is 0.236 e. The number of thiophene rings is 1. The van der Waals surface area contributed by atoms with Crippen LogP contribution in [0.15, 0.2) is 182 Å². The van der Waals surface area contributed by atoms with Gasteiger partial charge >= 0.3 is 0 Å². The molecule has 13 aromatic rings. The summed E-state index contributed by atoms with van der Waals surface area (Å²) in [7, 11) is 0. The average molecular weight is 771 g/mol. The zero-order chi connectivity index (χ0) is 38.6. The van der Waals surface area contributed by atoms with E-state index in [9.17, 15) is 0 Å². The molecule has 0 bridgehead atoms. The second-order valence-corrected chi connectivity index (χ2v) is 16.0. The fourth-order valence-corrected chi connectivity index (χ4v) is 10.3. The molecule has 0 spiro atoms. The third kappa shape index (κ3) is 4.67. The van der Waals surface area contributed by atoms with Crippen LogP contribution in [0.1, 0.15) is 0 Å². The van der Waals surface area contributed by atoms with Crippen LogP contribution in [-0.2, 0) is 0 Å². The molecule has 8 aromatic carbocycles. The predicted molar refractivity (Wildman–Crippen MR) is 245 cm³/mol. The Balaban J connectivity index is 1.17. The van der Waals surface area contributed by atoms with E-state index >= 15 is 0 Å². The molecule has 0 amide bonds. The molecule has 0 aliphatic heterocycles. The normalized spacial score (nSPS) is 12.1. The smallest absolute Gasteiger partial charge is 0.236 e. The van der Waals surface area contributed by atoms with E-state index < -0.39 is 0 Å². The Morgan fingerprint density at radius 2 is 1.02 bits per heavy atom. The minimum absolute atomic E-state index is 0.624. The number of hydrogen-bond acceptors (Lipinski definition) is 5. The van der Waals surface area contributed by atoms with Crippen molar-refractivity contribution in [1.82, 2.24) is 29.1 Å². The summed E-state index contributed by atoms with van der Waals surface area (Å²) in [6.07, 6.45) is 0. The van der Waals surface area contributed by atoms with Gasteiger partial charge in [-0.05, 0) is 41.1 Å². The Morgan fingerprint density at radius 1 is 0.373 bits per heavy atom. The molecule has 0 aliphatic rings. The number of fused-ring (bicyclic) bond motifs is 12. The molecule has 274 valence electrons. The van der Waals surface area contributed by atoms with Crippen LogP contribution in [0.4, 0.5) is 0 Å². The van der Waals surface area contributed by atoms with Crippen LogP contribution >= 0.6 is 11.3 Å². The monoisotopic (exact) mass is 770 g/mol. The van der Waals surface area contributed by atoms with Gasteiger partial charge in [0, 0.05) is 53.5 Å². The number of benzene rings is 8. The van der Waals surface area contributed by atoms with E-state index in [1.807, 2.05) is 12.1 Å². The van der Waals surface area contributed by atoms with Crippen molar-refractivity contribution in [3.63, 3.8) is 0 Å². The van der Waals surface area contributed by atoms with E-state index in [1.54, 1.807) is 11.3 Å². The highest BCUT2D eigenvalue weighted by atomic mass is 32.1. The molecule has 6 nitrogen and oxygen atoms in total. The summed E-state index contributed by atoms with van der Waals surface area (Å²) in [4.78, 5) is 22.7. The summed E-state index contributed by atoms with van der Waals surface area (Å²) in [6.45, 7) is 0. The molecule has 0 saturated heterocycles. The van der Waals surface area contributed by atoms with Crippen LogP contribution in [0.25, 0.3) is 120 Å². The van der Waals surface area contributed by atoms with Gasteiger partial charge in [0.15, 0.2) is 0 Å². The van der Waals surface area contributed by atoms with Crippen molar-refractivity contribution in [2.24, 2.45) is 0 Å². The minimum Gasteiger partial charge on any atom is -0.278 e. The maximum atomic E-state index is 5.60. The molecular weight excluding hydrogens is 741 g/mol. The van der Waals surface area contributed by atoms with Gasteiger partial charge in [-0.15, -0.1) is 11.3 Å². The Labute approximate surface area is 340 Å². The van der Waals surface area contributed by atoms with Gasteiger partial charge in [-0.25, -0.2) is 19.9 Å². The number of rotatable bonds is 4. The standard InChI is InChI=1S/C52H30N6S/c1-2-16-32(17-3-1)47-37-21-6-10-25-40(37)53-51(54-47)58-41-26-11-7-20-34(41)36-29-30-43-45(49(36)58)38-22-8-12-27-42(38)57(43)52-55-48(35-24-14-18-31-15-4-5-19-33(31)35)46-39-23-9-13-28-44(39)59-50(46)56-52/h1-30H. The van der Waals surface area contributed by atoms with E-state index in [2.05, 4.69) is 179 Å². The van der Waals surface area contributed by atoms with E-state index in [0.717, 1.165) is 92.6 Å². The summed E-state index contributed by atoms with van der Waals surface area (Å²) in [5, 5.41) is 10.1. The lowest BCUT2D eigenvalue weighted by Crippen LogP contribution is -2.04. The second kappa shape index (κ2) is 12.4. The Morgan fingerprint density at radius 3 is 1.88 bits per heavy atom. The Bertz CT molecular complexity index is 3850. The number of hydrogen-bond donors (Lipinski definition) is 0. The topological polar surface area (TPSA) is 61.4 Å². The van der Waals surface area contributed by atoms with Crippen LogP contribution < -0.4 is 0 Å². The molecule has 0 atom stereocenters. The van der Waals surface area contributed by atoms with Gasteiger partial charge in [0.25, 0.3) is 0 Å². The molecule has 0 radical (unpaired) electrons. The molecule has 59 heavy (non-hydrogen) atoms. The van der Waals surface area contributed by atoms with Crippen molar-refractivity contribution in [1.29, 1.82) is 0 Å². The minimum atomic E-state index is 0.624. The quantitative estimate of drug-likeness (QED) is 0.179. The van der Waals surface area contributed by atoms with Gasteiger partial charge in [-0.3, -0.25) is 9.13 Å². The van der Waals surface area contributed by atoms with Crippen molar-refractivity contribution in [3.8, 4) is 34.4 Å². The summed E-state index contributed by atoms with van der Waals surface area (Å²) in [6, 6.07) is 64.1. The van der Waals surface area contributed by atoms with Gasteiger partial charge in [-0.1, -0.05) is 152 Å². The van der Waals surface area contributed by atoms with Gasteiger partial charge in [0.1, 0.15) is 4.83 Å². The van der Waals surface area contributed by atoms with Crippen LogP contribution in [0, 0.1) is 0 Å². The van der Waals surface area contributed by atoms with Gasteiger partial charge in [-0.2, -0.15) is 0 Å². The Hall–Kier alpha value is -7.74. The number of aromatic nitrogens is 6. The average Bonchev–Trinajstić information content (AvgIpc) is 3.96. The van der Waals surface area contributed by atoms with Gasteiger partial charge in [0.05, 0.1) is 39.0 Å². The SMILES string of the molecule is c1ccc(-c2nc(-n3c4ccccc4c4ccc5c(c6ccccc6n5-c5nc(-c6cccc7ccccc67)c6c(n5)sc5ccccc56)c43)nc3ccccc23)cc1. The van der Waals surface area contributed by atoms with Crippen molar-refractivity contribution in [2.45, 2.75) is 0 Å². The van der Waals surface area contributed by atoms with E-state index in [1.165, 1.54) is 15.5 Å². The molecular formula is C52H30N6S. The molecule has 0 unspecified atom stereocenters. The zero-order valence-corrected chi connectivity index (χ0v) is 32.2. The summed E-state index contributed by atoms with van der Waals surface area (Å²) in [5.74, 6) is 1.26. The molecule has 0 N–H and O–H groups in total. The van der Waals surface area contributed by atoms with Crippen molar-refractivity contribution in [2.75, 3.05) is 0 Å². The molecule has 5 aromatic heterocycles. The Kier molecular flexibility index (Phi) is 6.79. The number of nitrogens with zero attached hydrogens (tertiary/aromatic N) is 6. The van der Waals surface area contributed by atoms with Crippen LogP contribution in [0.3, 0.4) is 0 Å². The first-order chi connectivity index (χ1) is 29.3. The first-order valence-corrected chi connectivity index (χ1v) is 20.6. The second-order valence-electron chi connectivity index (χ2n) is 15.0. The predicted octanol–water partition coefficient (Wildman–Crippen LogP) is 13.5. The van der Waals surface area contributed by atoms with E-state index in [4.69, 9.17) is 19.9 Å². The molecule has 0 fully saturated rings. The highest BCUT2D eigenvalue weighted by molar-refractivity contribution is 7.25. The van der Waals surface area contributed by atoms with Gasteiger partial charge < -0.3 is 0 Å². The van der Waals surface area contributed by atoms with E-state index in [-0.39, 0.29) is 0 Å². The molecule has 5 heterocycles. The molecule has 0 saturated carbocycles. The first-order valence-electron chi connectivity index (χ1n) is 19.7. The summed E-state index contributed by atoms with van der Waals surface area (Å²) in [5.41, 5.74) is 8.99. The lowest BCUT2D eigenvalue weighted by atomic mass is 9.99. The highest BCUT2D eigenvalue weighted by Gasteiger charge is 2.25. The van der Waals surface area contributed by atoms with Crippen molar-refractivity contribution >= 4 is 96.9 Å². The van der Waals surface area contributed by atoms with Crippen molar-refractivity contribution < 1.29 is 0 Å². The number of para-hydroxylation sites is 3. The van der Waals surface area contributed by atoms with Crippen LogP contribution in [0.2, 0.25) is 0 Å². The third-order valence-corrected chi connectivity index (χ3v) is 12.8. The summed E-state index contributed by atoms with van der Waals surface area (Å²) < 4.78 is 5.70. The van der Waals surface area contributed by atoms with Crippen LogP contribution in [-0.4, -0.2) is 29.1 Å². The fourth-order valence-electron chi connectivity index (χ4n) is 9.25. The lowest BCUT2D eigenvalue weighted by molar-refractivity contribution is 1.01. The highest BCUT2D eigenvalue weighted by Crippen LogP contribution is 2.44. The zero-order valence-electron chi connectivity index (χ0n) is 31.4. The maximum absolute atomic E-state index is 5.60. The molecule has 0 aliphatic carbocycles. The first kappa shape index (κ1) is 32.4. The largest absolute Gasteiger partial charge is 0.278 e. The molecule has 7 heteroatoms. The van der Waals surface area contributed by atoms with Gasteiger partial charge in [0.2, 0.25) is 11.9 Å². The summed E-state index contributed by atoms with van der Waals surface area (Å²) >= 11 is 1.72. The van der Waals surface area contributed by atoms with E-state index in [0.29, 0.717) is 11.9 Å². The fraction of sp³-hybridized carbons (Fsp3) is 0.